The Hall–Kier alpha value is -1.89. The summed E-state index contributed by atoms with van der Waals surface area (Å²) in [5, 5.41) is 3.20. The van der Waals surface area contributed by atoms with Crippen LogP contribution in [0.25, 0.3) is 0 Å². The first-order valence-electron chi connectivity index (χ1n) is 7.72. The van der Waals surface area contributed by atoms with Gasteiger partial charge in [0.25, 0.3) is 0 Å². The van der Waals surface area contributed by atoms with E-state index in [9.17, 15) is 13.2 Å². The van der Waals surface area contributed by atoms with Gasteiger partial charge in [-0.25, -0.2) is 8.42 Å². The molecular formula is C18H21ClN2O3S. The van der Waals surface area contributed by atoms with Crippen molar-refractivity contribution >= 4 is 33.2 Å². The van der Waals surface area contributed by atoms with Crippen LogP contribution in [0.15, 0.2) is 42.5 Å². The molecule has 2 aromatic carbocycles. The highest BCUT2D eigenvalue weighted by Crippen LogP contribution is 2.19. The summed E-state index contributed by atoms with van der Waals surface area (Å²) < 4.78 is 25.2. The average Bonchev–Trinajstić information content (AvgIpc) is 2.51. The van der Waals surface area contributed by atoms with Gasteiger partial charge in [0.15, 0.2) is 0 Å². The minimum atomic E-state index is -3.57. The summed E-state index contributed by atoms with van der Waals surface area (Å²) >= 11 is 6.09. The van der Waals surface area contributed by atoms with Crippen molar-refractivity contribution in [3.63, 3.8) is 0 Å². The summed E-state index contributed by atoms with van der Waals surface area (Å²) in [6.07, 6.45) is 1.08. The maximum absolute atomic E-state index is 12.3. The summed E-state index contributed by atoms with van der Waals surface area (Å²) in [5.74, 6) is -0.402. The number of hydrogen-bond acceptors (Lipinski definition) is 3. The molecular weight excluding hydrogens is 360 g/mol. The van der Waals surface area contributed by atoms with Crippen molar-refractivity contribution in [1.29, 1.82) is 0 Å². The van der Waals surface area contributed by atoms with Crippen LogP contribution < -0.4 is 5.32 Å². The minimum Gasteiger partial charge on any atom is -0.325 e. The predicted octanol–water partition coefficient (Wildman–Crippen LogP) is 3.36. The van der Waals surface area contributed by atoms with Gasteiger partial charge in [-0.05, 0) is 48.7 Å². The van der Waals surface area contributed by atoms with Crippen molar-refractivity contribution in [3.8, 4) is 0 Å². The third-order valence-corrected chi connectivity index (χ3v) is 5.45. The van der Waals surface area contributed by atoms with Crippen LogP contribution in [0.4, 0.5) is 5.69 Å². The van der Waals surface area contributed by atoms with Crippen LogP contribution in [0, 0.1) is 13.8 Å². The minimum absolute atomic E-state index is 0.0405. The zero-order valence-corrected chi connectivity index (χ0v) is 16.0. The number of anilines is 1. The van der Waals surface area contributed by atoms with Crippen molar-refractivity contribution in [2.45, 2.75) is 20.4 Å². The highest BCUT2D eigenvalue weighted by molar-refractivity contribution is 7.88. The van der Waals surface area contributed by atoms with Gasteiger partial charge in [-0.1, -0.05) is 35.9 Å². The summed E-state index contributed by atoms with van der Waals surface area (Å²) in [6.45, 7) is 3.69. The van der Waals surface area contributed by atoms with E-state index in [0.717, 1.165) is 21.7 Å². The SMILES string of the molecule is Cc1ccc(NC(=O)CN(Cc2ccccc2Cl)S(C)(=O)=O)cc1C. The quantitative estimate of drug-likeness (QED) is 0.835. The number of carbonyl (C=O) groups excluding carboxylic acids is 1. The van der Waals surface area contributed by atoms with Crippen LogP contribution in [0.1, 0.15) is 16.7 Å². The Morgan fingerprint density at radius 2 is 1.80 bits per heavy atom. The molecule has 0 atom stereocenters. The molecule has 0 saturated carbocycles. The van der Waals surface area contributed by atoms with Gasteiger partial charge in [-0.3, -0.25) is 4.79 Å². The molecule has 0 aromatic heterocycles. The molecule has 5 nitrogen and oxygen atoms in total. The van der Waals surface area contributed by atoms with E-state index in [4.69, 9.17) is 11.6 Å². The number of halogens is 1. The molecule has 0 aliphatic rings. The first-order valence-corrected chi connectivity index (χ1v) is 9.95. The van der Waals surface area contributed by atoms with Crippen LogP contribution in [-0.2, 0) is 21.4 Å². The molecule has 0 heterocycles. The zero-order valence-electron chi connectivity index (χ0n) is 14.4. The fourth-order valence-electron chi connectivity index (χ4n) is 2.29. The van der Waals surface area contributed by atoms with Gasteiger partial charge in [0.05, 0.1) is 12.8 Å². The standard InChI is InChI=1S/C18H21ClN2O3S/c1-13-8-9-16(10-14(13)2)20-18(22)12-21(25(3,23)24)11-15-6-4-5-7-17(15)19/h4-10H,11-12H2,1-3H3,(H,20,22). The highest BCUT2D eigenvalue weighted by atomic mass is 35.5. The molecule has 0 unspecified atom stereocenters. The van der Waals surface area contributed by atoms with Gasteiger partial charge in [-0.15, -0.1) is 0 Å². The lowest BCUT2D eigenvalue weighted by molar-refractivity contribution is -0.116. The van der Waals surface area contributed by atoms with E-state index in [1.807, 2.05) is 26.0 Å². The van der Waals surface area contributed by atoms with E-state index in [2.05, 4.69) is 5.32 Å². The maximum atomic E-state index is 12.3. The van der Waals surface area contributed by atoms with Crippen molar-refractivity contribution in [3.05, 3.63) is 64.2 Å². The van der Waals surface area contributed by atoms with Crippen LogP contribution in [0.3, 0.4) is 0 Å². The lowest BCUT2D eigenvalue weighted by atomic mass is 10.1. The molecule has 0 saturated heterocycles. The molecule has 25 heavy (non-hydrogen) atoms. The molecule has 2 rings (SSSR count). The molecule has 0 spiro atoms. The van der Waals surface area contributed by atoms with Gasteiger partial charge in [0.2, 0.25) is 15.9 Å². The topological polar surface area (TPSA) is 66.5 Å². The summed E-state index contributed by atoms with van der Waals surface area (Å²) in [6, 6.07) is 12.5. The summed E-state index contributed by atoms with van der Waals surface area (Å²) in [4.78, 5) is 12.3. The number of benzene rings is 2. The Morgan fingerprint density at radius 3 is 2.40 bits per heavy atom. The number of hydrogen-bond donors (Lipinski definition) is 1. The van der Waals surface area contributed by atoms with Gasteiger partial charge in [0.1, 0.15) is 0 Å². The normalized spacial score (nSPS) is 11.6. The molecule has 7 heteroatoms. The zero-order chi connectivity index (χ0) is 18.6. The van der Waals surface area contributed by atoms with Crippen LogP contribution in [0.2, 0.25) is 5.02 Å². The molecule has 0 aliphatic carbocycles. The second kappa shape index (κ2) is 7.99. The molecule has 0 aliphatic heterocycles. The highest BCUT2D eigenvalue weighted by Gasteiger charge is 2.21. The number of sulfonamides is 1. The molecule has 0 bridgehead atoms. The third kappa shape index (κ3) is 5.56. The molecule has 1 N–H and O–H groups in total. The Morgan fingerprint density at radius 1 is 1.12 bits per heavy atom. The Kier molecular flexibility index (Phi) is 6.21. The van der Waals surface area contributed by atoms with Crippen LogP contribution >= 0.6 is 11.6 Å². The van der Waals surface area contributed by atoms with Gasteiger partial charge >= 0.3 is 0 Å². The first-order chi connectivity index (χ1) is 11.7. The van der Waals surface area contributed by atoms with E-state index in [1.165, 1.54) is 0 Å². The summed E-state index contributed by atoms with van der Waals surface area (Å²) in [5.41, 5.74) is 3.45. The number of aryl methyl sites for hydroxylation is 2. The number of carbonyl (C=O) groups is 1. The van der Waals surface area contributed by atoms with E-state index >= 15 is 0 Å². The molecule has 134 valence electrons. The van der Waals surface area contributed by atoms with Crippen molar-refractivity contribution in [2.75, 3.05) is 18.1 Å². The number of amides is 1. The van der Waals surface area contributed by atoms with Crippen molar-refractivity contribution < 1.29 is 13.2 Å². The average molecular weight is 381 g/mol. The first kappa shape index (κ1) is 19.4. The van der Waals surface area contributed by atoms with E-state index < -0.39 is 15.9 Å². The van der Waals surface area contributed by atoms with E-state index in [1.54, 1.807) is 30.3 Å². The summed E-state index contributed by atoms with van der Waals surface area (Å²) in [7, 11) is -3.57. The van der Waals surface area contributed by atoms with E-state index in [0.29, 0.717) is 16.3 Å². The second-order valence-electron chi connectivity index (χ2n) is 5.97. The largest absolute Gasteiger partial charge is 0.325 e. The maximum Gasteiger partial charge on any atom is 0.239 e. The lowest BCUT2D eigenvalue weighted by Crippen LogP contribution is -2.37. The molecule has 1 amide bonds. The second-order valence-corrected chi connectivity index (χ2v) is 8.36. The molecule has 0 radical (unpaired) electrons. The van der Waals surface area contributed by atoms with Crippen LogP contribution in [-0.4, -0.2) is 31.4 Å². The van der Waals surface area contributed by atoms with Gasteiger partial charge < -0.3 is 5.32 Å². The van der Waals surface area contributed by atoms with Crippen molar-refractivity contribution in [2.24, 2.45) is 0 Å². The number of nitrogens with zero attached hydrogens (tertiary/aromatic N) is 1. The molecule has 0 fully saturated rings. The van der Waals surface area contributed by atoms with Gasteiger partial charge in [-0.2, -0.15) is 4.31 Å². The van der Waals surface area contributed by atoms with Crippen molar-refractivity contribution in [1.82, 2.24) is 4.31 Å². The smallest absolute Gasteiger partial charge is 0.239 e. The van der Waals surface area contributed by atoms with Crippen LogP contribution in [0.5, 0.6) is 0 Å². The third-order valence-electron chi connectivity index (χ3n) is 3.88. The predicted molar refractivity (Wildman–Crippen MR) is 101 cm³/mol. The fraction of sp³-hybridized carbons (Fsp3) is 0.278. The fourth-order valence-corrected chi connectivity index (χ4v) is 3.21. The molecule has 2 aromatic rings. The monoisotopic (exact) mass is 380 g/mol. The Bertz CT molecular complexity index is 882. The Labute approximate surface area is 153 Å². The lowest BCUT2D eigenvalue weighted by Gasteiger charge is -2.20. The Balaban J connectivity index is 2.13. The van der Waals surface area contributed by atoms with E-state index in [-0.39, 0.29) is 13.1 Å². The van der Waals surface area contributed by atoms with Gasteiger partial charge in [0, 0.05) is 17.3 Å². The number of nitrogens with one attached hydrogen (secondary N) is 1. The number of rotatable bonds is 6.